The van der Waals surface area contributed by atoms with Crippen LogP contribution in [0, 0.1) is 0 Å². The molecule has 9 heteroatoms. The fourth-order valence-corrected chi connectivity index (χ4v) is 1.56. The van der Waals surface area contributed by atoms with Gasteiger partial charge in [-0.05, 0) is 13.3 Å². The van der Waals surface area contributed by atoms with E-state index in [-0.39, 0.29) is 6.54 Å². The molecule has 0 saturated carbocycles. The lowest BCUT2D eigenvalue weighted by Gasteiger charge is -2.10. The van der Waals surface area contributed by atoms with Crippen LogP contribution in [0.1, 0.15) is 24.7 Å². The third-order valence-electron chi connectivity index (χ3n) is 2.28. The monoisotopic (exact) mass is 280 g/mol. The van der Waals surface area contributed by atoms with E-state index < -0.39 is 29.9 Å². The number of hydrogen-bond acceptors (Lipinski definition) is 4. The fraction of sp³-hybridized carbons (Fsp3) is 0.700. The quantitative estimate of drug-likeness (QED) is 0.747. The largest absolute Gasteiger partial charge is 0.434 e. The molecule has 108 valence electrons. The summed E-state index contributed by atoms with van der Waals surface area (Å²) in [7, 11) is 0. The van der Waals surface area contributed by atoms with E-state index in [1.807, 2.05) is 0 Å². The van der Waals surface area contributed by atoms with E-state index in [0.717, 1.165) is 4.68 Å². The van der Waals surface area contributed by atoms with Gasteiger partial charge in [-0.1, -0.05) is 5.21 Å². The molecule has 1 amide bonds. The van der Waals surface area contributed by atoms with Gasteiger partial charge in [0, 0.05) is 19.8 Å². The van der Waals surface area contributed by atoms with E-state index in [1.54, 1.807) is 6.92 Å². The Morgan fingerprint density at radius 1 is 1.47 bits per heavy atom. The van der Waals surface area contributed by atoms with Gasteiger partial charge in [0.2, 0.25) is 5.91 Å². The van der Waals surface area contributed by atoms with Crippen molar-refractivity contribution < 1.29 is 22.7 Å². The van der Waals surface area contributed by atoms with Crippen LogP contribution in [0.15, 0.2) is 0 Å². The summed E-state index contributed by atoms with van der Waals surface area (Å²) in [4.78, 5) is 10.7. The molecule has 0 atom stereocenters. The number of hydrogen-bond donors (Lipinski definition) is 1. The van der Waals surface area contributed by atoms with Crippen LogP contribution < -0.4 is 5.73 Å². The van der Waals surface area contributed by atoms with Crippen LogP contribution in [0.5, 0.6) is 0 Å². The molecule has 0 saturated heterocycles. The number of carbonyl (C=O) groups is 1. The van der Waals surface area contributed by atoms with E-state index in [4.69, 9.17) is 10.5 Å². The number of nitrogens with zero attached hydrogens (tertiary/aromatic N) is 3. The second kappa shape index (κ2) is 6.50. The van der Waals surface area contributed by atoms with Crippen LogP contribution >= 0.6 is 0 Å². The number of nitrogens with two attached hydrogens (primary N) is 1. The average Bonchev–Trinajstić information content (AvgIpc) is 2.66. The minimum absolute atomic E-state index is 0.0145. The van der Waals surface area contributed by atoms with Crippen molar-refractivity contribution in [3.05, 3.63) is 11.4 Å². The fourth-order valence-electron chi connectivity index (χ4n) is 1.56. The maximum atomic E-state index is 12.9. The van der Waals surface area contributed by atoms with Crippen molar-refractivity contribution in [3.63, 3.8) is 0 Å². The Labute approximate surface area is 107 Å². The maximum absolute atomic E-state index is 12.9. The van der Waals surface area contributed by atoms with Gasteiger partial charge in [0.05, 0.1) is 6.42 Å². The van der Waals surface area contributed by atoms with Crippen LogP contribution in [0.25, 0.3) is 0 Å². The predicted octanol–water partition coefficient (Wildman–Crippen LogP) is 0.751. The first-order valence-corrected chi connectivity index (χ1v) is 5.71. The van der Waals surface area contributed by atoms with Crippen molar-refractivity contribution in [1.82, 2.24) is 15.0 Å². The molecule has 0 bridgehead atoms. The minimum atomic E-state index is -4.63. The van der Waals surface area contributed by atoms with E-state index in [0.29, 0.717) is 19.6 Å². The Balaban J connectivity index is 2.85. The number of amides is 1. The zero-order valence-corrected chi connectivity index (χ0v) is 10.4. The van der Waals surface area contributed by atoms with Crippen molar-refractivity contribution in [3.8, 4) is 0 Å². The number of carbonyl (C=O) groups excluding carboxylic acids is 1. The molecule has 1 heterocycles. The highest BCUT2D eigenvalue weighted by molar-refractivity contribution is 5.76. The van der Waals surface area contributed by atoms with E-state index >= 15 is 0 Å². The highest BCUT2D eigenvalue weighted by Gasteiger charge is 2.39. The van der Waals surface area contributed by atoms with Gasteiger partial charge < -0.3 is 10.5 Å². The Morgan fingerprint density at radius 2 is 2.16 bits per heavy atom. The first-order chi connectivity index (χ1) is 8.86. The Kier molecular flexibility index (Phi) is 5.28. The standard InChI is InChI=1S/C10H15F3N4O2/c1-2-19-5-3-4-17-9(10(11,12)13)7(15-16-17)6-8(14)18/h2-6H2,1H3,(H2,14,18). The van der Waals surface area contributed by atoms with Gasteiger partial charge >= 0.3 is 6.18 Å². The lowest BCUT2D eigenvalue weighted by Crippen LogP contribution is -2.20. The van der Waals surface area contributed by atoms with Crippen molar-refractivity contribution in [2.75, 3.05) is 13.2 Å². The summed E-state index contributed by atoms with van der Waals surface area (Å²) in [6.07, 6.45) is -4.84. The second-order valence-electron chi connectivity index (χ2n) is 3.80. The molecule has 1 rings (SSSR count). The van der Waals surface area contributed by atoms with Crippen molar-refractivity contribution in [2.45, 2.75) is 32.5 Å². The SMILES string of the molecule is CCOCCCn1nnc(CC(N)=O)c1C(F)(F)F. The smallest absolute Gasteiger partial charge is 0.382 e. The van der Waals surface area contributed by atoms with E-state index in [1.165, 1.54) is 0 Å². The van der Waals surface area contributed by atoms with Gasteiger partial charge in [-0.25, -0.2) is 4.68 Å². The molecule has 1 aromatic rings. The Hall–Kier alpha value is -1.64. The van der Waals surface area contributed by atoms with Crippen LogP contribution in [-0.4, -0.2) is 34.1 Å². The number of halogens is 3. The topological polar surface area (TPSA) is 83.0 Å². The third-order valence-corrected chi connectivity index (χ3v) is 2.28. The van der Waals surface area contributed by atoms with Crippen molar-refractivity contribution in [2.24, 2.45) is 5.73 Å². The first-order valence-electron chi connectivity index (χ1n) is 5.71. The summed E-state index contributed by atoms with van der Waals surface area (Å²) in [5.41, 5.74) is 3.41. The molecular formula is C10H15F3N4O2. The number of alkyl halides is 3. The Morgan fingerprint density at radius 3 is 2.68 bits per heavy atom. The van der Waals surface area contributed by atoms with Crippen LogP contribution in [-0.2, 0) is 28.7 Å². The molecular weight excluding hydrogens is 265 g/mol. The highest BCUT2D eigenvalue weighted by Crippen LogP contribution is 2.31. The van der Waals surface area contributed by atoms with E-state index in [9.17, 15) is 18.0 Å². The molecule has 0 fully saturated rings. The zero-order valence-electron chi connectivity index (χ0n) is 10.4. The van der Waals surface area contributed by atoms with Crippen molar-refractivity contribution in [1.29, 1.82) is 0 Å². The molecule has 0 aliphatic rings. The molecule has 1 aromatic heterocycles. The first kappa shape index (κ1) is 15.4. The molecule has 0 radical (unpaired) electrons. The number of ether oxygens (including phenoxy) is 1. The molecule has 6 nitrogen and oxygen atoms in total. The average molecular weight is 280 g/mol. The number of primary amides is 1. The second-order valence-corrected chi connectivity index (χ2v) is 3.80. The van der Waals surface area contributed by atoms with Gasteiger partial charge in [0.25, 0.3) is 0 Å². The summed E-state index contributed by atoms with van der Waals surface area (Å²) in [5, 5.41) is 6.79. The molecule has 0 aromatic carbocycles. The molecule has 0 unspecified atom stereocenters. The van der Waals surface area contributed by atoms with Gasteiger partial charge in [0.1, 0.15) is 5.69 Å². The minimum Gasteiger partial charge on any atom is -0.382 e. The van der Waals surface area contributed by atoms with Crippen molar-refractivity contribution >= 4 is 5.91 Å². The maximum Gasteiger partial charge on any atom is 0.434 e. The van der Waals surface area contributed by atoms with Gasteiger partial charge in [-0.2, -0.15) is 13.2 Å². The normalized spacial score (nSPS) is 11.8. The molecule has 19 heavy (non-hydrogen) atoms. The lowest BCUT2D eigenvalue weighted by atomic mass is 10.2. The van der Waals surface area contributed by atoms with Crippen LogP contribution in [0.4, 0.5) is 13.2 Å². The number of aryl methyl sites for hydroxylation is 1. The van der Waals surface area contributed by atoms with E-state index in [2.05, 4.69) is 10.3 Å². The van der Waals surface area contributed by atoms with Gasteiger partial charge in [-0.15, -0.1) is 5.10 Å². The summed E-state index contributed by atoms with van der Waals surface area (Å²) < 4.78 is 44.4. The zero-order chi connectivity index (χ0) is 14.5. The number of rotatable bonds is 7. The predicted molar refractivity (Wildman–Crippen MR) is 59.0 cm³/mol. The summed E-state index contributed by atoms with van der Waals surface area (Å²) in [6, 6.07) is 0. The summed E-state index contributed by atoms with van der Waals surface area (Å²) in [5.74, 6) is -0.883. The Bertz CT molecular complexity index is 431. The molecule has 2 N–H and O–H groups in total. The molecule has 0 aliphatic heterocycles. The van der Waals surface area contributed by atoms with Gasteiger partial charge in [-0.3, -0.25) is 4.79 Å². The van der Waals surface area contributed by atoms with Gasteiger partial charge in [0.15, 0.2) is 5.69 Å². The van der Waals surface area contributed by atoms with Crippen LogP contribution in [0.3, 0.4) is 0 Å². The summed E-state index contributed by atoms with van der Waals surface area (Å²) >= 11 is 0. The lowest BCUT2D eigenvalue weighted by molar-refractivity contribution is -0.145. The highest BCUT2D eigenvalue weighted by atomic mass is 19.4. The third kappa shape index (κ3) is 4.51. The molecule has 0 spiro atoms. The van der Waals surface area contributed by atoms with Crippen LogP contribution in [0.2, 0.25) is 0 Å². The molecule has 0 aliphatic carbocycles. The number of aromatic nitrogens is 3. The summed E-state index contributed by atoms with van der Waals surface area (Å²) in [6.45, 7) is 2.64.